The Morgan fingerprint density at radius 2 is 2.04 bits per heavy atom. The zero-order valence-electron chi connectivity index (χ0n) is 14.6. The molecule has 0 saturated carbocycles. The van der Waals surface area contributed by atoms with Crippen LogP contribution >= 0.6 is 15.9 Å². The number of rotatable bonds is 6. The van der Waals surface area contributed by atoms with Gasteiger partial charge in [0, 0.05) is 11.1 Å². The maximum atomic E-state index is 12.6. The summed E-state index contributed by atoms with van der Waals surface area (Å²) < 4.78 is 17.6. The number of carbonyl (C=O) groups excluding carboxylic acids is 3. The van der Waals surface area contributed by atoms with Crippen LogP contribution < -0.4 is 5.32 Å². The third-order valence-corrected chi connectivity index (χ3v) is 6.41. The van der Waals surface area contributed by atoms with Gasteiger partial charge in [-0.15, -0.1) is 0 Å². The van der Waals surface area contributed by atoms with E-state index in [0.29, 0.717) is 10.9 Å². The molecule has 1 saturated heterocycles. The Morgan fingerprint density at radius 1 is 1.33 bits per heavy atom. The smallest absolute Gasteiger partial charge is 0.355 e. The number of hydrogen-bond donors (Lipinski definition) is 1. The summed E-state index contributed by atoms with van der Waals surface area (Å²) in [7, 11) is -1.40. The van der Waals surface area contributed by atoms with Gasteiger partial charge in [-0.05, 0) is 18.1 Å². The van der Waals surface area contributed by atoms with Crippen LogP contribution in [-0.4, -0.2) is 56.0 Å². The van der Waals surface area contributed by atoms with E-state index in [0.717, 1.165) is 5.56 Å². The highest BCUT2D eigenvalue weighted by atomic mass is 79.9. The van der Waals surface area contributed by atoms with Gasteiger partial charge in [0.05, 0.1) is 17.2 Å². The van der Waals surface area contributed by atoms with Crippen molar-refractivity contribution in [1.82, 2.24) is 10.2 Å². The number of fused-ring (bicyclic) bond motifs is 1. The van der Waals surface area contributed by atoms with Crippen molar-refractivity contribution < 1.29 is 23.3 Å². The van der Waals surface area contributed by atoms with Crippen LogP contribution in [0.2, 0.25) is 0 Å². The molecule has 2 heterocycles. The molecule has 0 spiro atoms. The number of halogens is 1. The third-order valence-electron chi connectivity index (χ3n) is 4.34. The van der Waals surface area contributed by atoms with Gasteiger partial charge in [-0.2, -0.15) is 0 Å². The van der Waals surface area contributed by atoms with Crippen LogP contribution in [0.4, 0.5) is 0 Å². The normalized spacial score (nSPS) is 24.1. The predicted octanol–water partition coefficient (Wildman–Crippen LogP) is 0.857. The van der Waals surface area contributed by atoms with Crippen molar-refractivity contribution in [3.8, 4) is 0 Å². The molecule has 0 aliphatic carbocycles. The van der Waals surface area contributed by atoms with Crippen LogP contribution in [-0.2, 0) is 36.3 Å². The summed E-state index contributed by atoms with van der Waals surface area (Å²) in [6.07, 6.45) is 0.124. The van der Waals surface area contributed by atoms with Crippen LogP contribution in [0.5, 0.6) is 0 Å². The second kappa shape index (κ2) is 8.35. The highest BCUT2D eigenvalue weighted by Crippen LogP contribution is 2.35. The number of benzene rings is 1. The molecule has 2 aliphatic heterocycles. The van der Waals surface area contributed by atoms with E-state index in [1.54, 1.807) is 6.92 Å². The van der Waals surface area contributed by atoms with E-state index in [4.69, 9.17) is 4.74 Å². The number of nitrogens with one attached hydrogen (secondary N) is 1. The van der Waals surface area contributed by atoms with Gasteiger partial charge >= 0.3 is 5.97 Å². The molecule has 1 fully saturated rings. The molecule has 0 radical (unpaired) electrons. The molecule has 7 nitrogen and oxygen atoms in total. The fraction of sp³-hybridized carbons (Fsp3) is 0.389. The first-order valence-corrected chi connectivity index (χ1v) is 10.9. The van der Waals surface area contributed by atoms with Crippen molar-refractivity contribution in [2.45, 2.75) is 24.8 Å². The molecule has 2 aliphatic rings. The largest absolute Gasteiger partial charge is 0.460 e. The fourth-order valence-electron chi connectivity index (χ4n) is 3.15. The van der Waals surface area contributed by atoms with E-state index >= 15 is 0 Å². The minimum Gasteiger partial charge on any atom is -0.460 e. The number of ether oxygens (including phenoxy) is 1. The van der Waals surface area contributed by atoms with Crippen molar-refractivity contribution >= 4 is 44.5 Å². The molecule has 0 aromatic heterocycles. The Hall–Kier alpha value is -2.00. The van der Waals surface area contributed by atoms with E-state index in [2.05, 4.69) is 21.2 Å². The zero-order valence-corrected chi connectivity index (χ0v) is 17.0. The summed E-state index contributed by atoms with van der Waals surface area (Å²) in [5.74, 6) is -1.22. The summed E-state index contributed by atoms with van der Waals surface area (Å²) in [4.78, 5) is 38.4. The Morgan fingerprint density at radius 3 is 2.70 bits per heavy atom. The second-order valence-electron chi connectivity index (χ2n) is 6.29. The molecule has 2 unspecified atom stereocenters. The molecule has 9 heteroatoms. The number of hydrogen-bond acceptors (Lipinski definition) is 5. The number of amides is 2. The summed E-state index contributed by atoms with van der Waals surface area (Å²) in [5, 5.41) is 2.39. The molecule has 3 rings (SSSR count). The first-order valence-electron chi connectivity index (χ1n) is 8.40. The van der Waals surface area contributed by atoms with Gasteiger partial charge in [0.1, 0.15) is 23.7 Å². The van der Waals surface area contributed by atoms with E-state index in [9.17, 15) is 18.6 Å². The van der Waals surface area contributed by atoms with Crippen LogP contribution in [0, 0.1) is 0 Å². The molecule has 27 heavy (non-hydrogen) atoms. The fourth-order valence-corrected chi connectivity index (χ4v) is 4.98. The number of esters is 1. The maximum Gasteiger partial charge on any atom is 0.355 e. The molecule has 2 amide bonds. The Bertz CT molecular complexity index is 826. The highest BCUT2D eigenvalue weighted by Gasteiger charge is 2.56. The van der Waals surface area contributed by atoms with Gasteiger partial charge in [-0.3, -0.25) is 18.7 Å². The van der Waals surface area contributed by atoms with Gasteiger partial charge in [-0.25, -0.2) is 4.79 Å². The first-order chi connectivity index (χ1) is 12.9. The van der Waals surface area contributed by atoms with Crippen molar-refractivity contribution in [3.63, 3.8) is 0 Å². The van der Waals surface area contributed by atoms with Crippen molar-refractivity contribution in [1.29, 1.82) is 0 Å². The van der Waals surface area contributed by atoms with E-state index in [1.165, 1.54) is 4.90 Å². The predicted molar refractivity (Wildman–Crippen MR) is 103 cm³/mol. The number of β-lactam (4-membered cyclic amide) rings is 1. The number of nitrogens with zero attached hydrogens (tertiary/aromatic N) is 1. The lowest BCUT2D eigenvalue weighted by atomic mass is 10.0. The lowest BCUT2D eigenvalue weighted by molar-refractivity contribution is -0.152. The van der Waals surface area contributed by atoms with Gasteiger partial charge in [0.15, 0.2) is 0 Å². The van der Waals surface area contributed by atoms with E-state index in [-0.39, 0.29) is 30.4 Å². The zero-order chi connectivity index (χ0) is 19.6. The van der Waals surface area contributed by atoms with Gasteiger partial charge in [0.25, 0.3) is 5.91 Å². The van der Waals surface area contributed by atoms with Crippen LogP contribution in [0.1, 0.15) is 12.5 Å². The molecule has 1 N–H and O–H groups in total. The third kappa shape index (κ3) is 3.98. The van der Waals surface area contributed by atoms with Crippen molar-refractivity contribution in [2.75, 3.05) is 17.7 Å². The Balaban J connectivity index is 1.71. The maximum absolute atomic E-state index is 12.6. The summed E-state index contributed by atoms with van der Waals surface area (Å²) in [6, 6.07) is 8.24. The summed E-state index contributed by atoms with van der Waals surface area (Å²) in [6.45, 7) is 1.83. The van der Waals surface area contributed by atoms with E-state index < -0.39 is 34.1 Å². The molecule has 1 aromatic rings. The second-order valence-corrected chi connectivity index (χ2v) is 8.61. The van der Waals surface area contributed by atoms with Crippen LogP contribution in [0.15, 0.2) is 41.6 Å². The Labute approximate surface area is 167 Å². The average molecular weight is 455 g/mol. The summed E-state index contributed by atoms with van der Waals surface area (Å²) in [5.41, 5.74) is 1.50. The molecule has 3 atom stereocenters. The van der Waals surface area contributed by atoms with Gasteiger partial charge < -0.3 is 10.1 Å². The minimum atomic E-state index is -1.40. The summed E-state index contributed by atoms with van der Waals surface area (Å²) >= 11 is 3.17. The lowest BCUT2D eigenvalue weighted by Crippen LogP contribution is -2.73. The van der Waals surface area contributed by atoms with Crippen molar-refractivity contribution in [3.05, 3.63) is 47.2 Å². The highest BCUT2D eigenvalue weighted by molar-refractivity contribution is 9.09. The van der Waals surface area contributed by atoms with E-state index in [1.807, 2.05) is 30.3 Å². The minimum absolute atomic E-state index is 0.124. The quantitative estimate of drug-likeness (QED) is 0.390. The topological polar surface area (TPSA) is 92.8 Å². The molecule has 144 valence electrons. The standard InChI is InChI=1S/C18H19BrN2O5S/c1-11-10-27(25)17-14(20-13(22)9-12-5-3-2-4-6-12)16(23)21(17)15(11)18(24)26-8-7-19/h2-6,14,17H,7-10H2,1H3,(H,20,22)/t14?,17-,27?/m1/s1. The average Bonchev–Trinajstić information content (AvgIpc) is 2.64. The molecule has 0 bridgehead atoms. The van der Waals surface area contributed by atoms with Gasteiger partial charge in [-0.1, -0.05) is 46.3 Å². The number of alkyl halides is 1. The molecule has 1 aromatic carbocycles. The molecular weight excluding hydrogens is 436 g/mol. The van der Waals surface area contributed by atoms with Crippen LogP contribution in [0.3, 0.4) is 0 Å². The van der Waals surface area contributed by atoms with Gasteiger partial charge in [0.2, 0.25) is 5.91 Å². The monoisotopic (exact) mass is 454 g/mol. The SMILES string of the molecule is CC1=C(C(=O)OCCBr)N2C(=O)C(NC(=O)Cc3ccccc3)[C@H]2S(=O)C1. The van der Waals surface area contributed by atoms with Crippen molar-refractivity contribution in [2.24, 2.45) is 0 Å². The Kier molecular flexibility index (Phi) is 6.11. The van der Waals surface area contributed by atoms with Crippen LogP contribution in [0.25, 0.3) is 0 Å². The number of carbonyl (C=O) groups is 3. The lowest BCUT2D eigenvalue weighted by Gasteiger charge is -2.49. The molecular formula is C18H19BrN2O5S. The first kappa shape index (κ1) is 19.8.